The van der Waals surface area contributed by atoms with Gasteiger partial charge in [0, 0.05) is 17.7 Å². The molecule has 0 radical (unpaired) electrons. The molecule has 0 aliphatic carbocycles. The lowest BCUT2D eigenvalue weighted by Gasteiger charge is -2.34. The topological polar surface area (TPSA) is 57.6 Å². The van der Waals surface area contributed by atoms with Gasteiger partial charge < -0.3 is 10.0 Å². The van der Waals surface area contributed by atoms with Crippen LogP contribution >= 0.6 is 11.8 Å². The molecule has 2 aliphatic rings. The lowest BCUT2D eigenvalue weighted by molar-refractivity contribution is -0.147. The molecule has 13 heavy (non-hydrogen) atoms. The van der Waals surface area contributed by atoms with Crippen molar-refractivity contribution in [3.05, 3.63) is 10.6 Å². The van der Waals surface area contributed by atoms with Gasteiger partial charge in [0.15, 0.2) is 0 Å². The Labute approximate surface area is 79.6 Å². The molecule has 0 aromatic rings. The molecule has 0 spiro atoms. The number of thioether (sulfide) groups is 1. The van der Waals surface area contributed by atoms with Gasteiger partial charge in [-0.15, -0.1) is 11.8 Å². The molecule has 1 N–H and O–H groups in total. The Morgan fingerprint density at radius 3 is 2.77 bits per heavy atom. The second-order valence-corrected chi connectivity index (χ2v) is 4.01. The van der Waals surface area contributed by atoms with Crippen molar-refractivity contribution in [2.45, 2.75) is 18.9 Å². The molecule has 4 nitrogen and oxygen atoms in total. The number of hydrogen-bond donors (Lipinski definition) is 1. The Kier molecular flexibility index (Phi) is 1.83. The van der Waals surface area contributed by atoms with Crippen LogP contribution in [0.1, 0.15) is 12.8 Å². The first kappa shape index (κ1) is 8.62. The van der Waals surface area contributed by atoms with E-state index in [4.69, 9.17) is 5.11 Å². The average molecular weight is 199 g/mol. The van der Waals surface area contributed by atoms with Crippen molar-refractivity contribution in [2.75, 3.05) is 6.26 Å². The molecule has 5 heteroatoms. The van der Waals surface area contributed by atoms with Crippen LogP contribution in [0.4, 0.5) is 0 Å². The number of nitrogens with zero attached hydrogens (tertiary/aromatic N) is 1. The maximum Gasteiger partial charge on any atom is 0.353 e. The van der Waals surface area contributed by atoms with E-state index in [0.717, 1.165) is 4.91 Å². The predicted octanol–water partition coefficient (Wildman–Crippen LogP) is 0.650. The highest BCUT2D eigenvalue weighted by atomic mass is 32.2. The Bertz CT molecular complexity index is 323. The van der Waals surface area contributed by atoms with E-state index >= 15 is 0 Å². The molecule has 0 aromatic carbocycles. The lowest BCUT2D eigenvalue weighted by Crippen LogP contribution is -2.49. The maximum atomic E-state index is 11.1. The van der Waals surface area contributed by atoms with E-state index < -0.39 is 5.97 Å². The first-order chi connectivity index (χ1) is 6.15. The summed E-state index contributed by atoms with van der Waals surface area (Å²) in [5.41, 5.74) is 0.203. The van der Waals surface area contributed by atoms with Crippen LogP contribution < -0.4 is 0 Å². The monoisotopic (exact) mass is 199 g/mol. The number of carbonyl (C=O) groups is 2. The summed E-state index contributed by atoms with van der Waals surface area (Å²) in [7, 11) is 0. The van der Waals surface area contributed by atoms with Crippen LogP contribution in [0, 0.1) is 0 Å². The van der Waals surface area contributed by atoms with Crippen LogP contribution in [0.25, 0.3) is 0 Å². The highest BCUT2D eigenvalue weighted by Crippen LogP contribution is 2.41. The van der Waals surface area contributed by atoms with Crippen LogP contribution in [0.2, 0.25) is 0 Å². The third-order valence-electron chi connectivity index (χ3n) is 2.42. The van der Waals surface area contributed by atoms with E-state index in [9.17, 15) is 9.59 Å². The Morgan fingerprint density at radius 1 is 1.62 bits per heavy atom. The highest BCUT2D eigenvalue weighted by molar-refractivity contribution is 8.02. The summed E-state index contributed by atoms with van der Waals surface area (Å²) >= 11 is 1.42. The van der Waals surface area contributed by atoms with Crippen molar-refractivity contribution >= 4 is 23.6 Å². The van der Waals surface area contributed by atoms with E-state index in [0.29, 0.717) is 12.8 Å². The Hall–Kier alpha value is -0.970. The van der Waals surface area contributed by atoms with Gasteiger partial charge >= 0.3 is 5.97 Å². The molecular weight excluding hydrogens is 190 g/mol. The molecule has 0 bridgehead atoms. The summed E-state index contributed by atoms with van der Waals surface area (Å²) in [4.78, 5) is 24.2. The predicted molar refractivity (Wildman–Crippen MR) is 48.0 cm³/mol. The van der Waals surface area contributed by atoms with Gasteiger partial charge in [0.2, 0.25) is 5.91 Å². The summed E-state index contributed by atoms with van der Waals surface area (Å²) in [6.45, 7) is 0. The molecule has 1 amide bonds. The number of carboxylic acids is 1. The Balaban J connectivity index is 2.34. The van der Waals surface area contributed by atoms with Crippen LogP contribution in [-0.2, 0) is 9.59 Å². The van der Waals surface area contributed by atoms with Crippen molar-refractivity contribution < 1.29 is 14.7 Å². The molecule has 1 unspecified atom stereocenters. The Morgan fingerprint density at radius 2 is 2.31 bits per heavy atom. The standard InChI is InChI=1S/C8H9NO3S/c1-13-5-2-4-3-6(10)9(4)7(5)8(11)12/h4H,2-3H2,1H3,(H,11,12). The SMILES string of the molecule is CSC1=C(C(=O)O)N2C(=O)CC2C1. The fourth-order valence-corrected chi connectivity index (χ4v) is 2.54. The minimum absolute atomic E-state index is 0.0635. The summed E-state index contributed by atoms with van der Waals surface area (Å²) < 4.78 is 0. The second kappa shape index (κ2) is 2.77. The minimum Gasteiger partial charge on any atom is -0.477 e. The van der Waals surface area contributed by atoms with Crippen LogP contribution in [-0.4, -0.2) is 34.2 Å². The zero-order chi connectivity index (χ0) is 9.59. The molecule has 0 saturated carbocycles. The number of fused-ring (bicyclic) bond motifs is 1. The van der Waals surface area contributed by atoms with Crippen molar-refractivity contribution in [1.82, 2.24) is 4.90 Å². The molecule has 2 aliphatic heterocycles. The number of β-lactam (4-membered cyclic amide) rings is 1. The van der Waals surface area contributed by atoms with Gasteiger partial charge in [0.1, 0.15) is 5.70 Å². The fraction of sp³-hybridized carbons (Fsp3) is 0.500. The van der Waals surface area contributed by atoms with Gasteiger partial charge in [-0.05, 0) is 6.26 Å². The fourth-order valence-electron chi connectivity index (χ4n) is 1.80. The molecule has 2 heterocycles. The summed E-state index contributed by atoms with van der Waals surface area (Å²) in [6, 6.07) is 0.126. The summed E-state index contributed by atoms with van der Waals surface area (Å²) in [5.74, 6) is -1.05. The molecular formula is C8H9NO3S. The molecule has 2 rings (SSSR count). The maximum absolute atomic E-state index is 11.1. The van der Waals surface area contributed by atoms with Gasteiger partial charge in [-0.2, -0.15) is 0 Å². The van der Waals surface area contributed by atoms with Gasteiger partial charge in [0.25, 0.3) is 0 Å². The van der Waals surface area contributed by atoms with Crippen LogP contribution in [0.3, 0.4) is 0 Å². The first-order valence-electron chi connectivity index (χ1n) is 3.97. The van der Waals surface area contributed by atoms with Gasteiger partial charge in [-0.3, -0.25) is 4.79 Å². The van der Waals surface area contributed by atoms with Crippen molar-refractivity contribution in [1.29, 1.82) is 0 Å². The largest absolute Gasteiger partial charge is 0.477 e. The van der Waals surface area contributed by atoms with E-state index in [-0.39, 0.29) is 17.6 Å². The number of aliphatic carboxylic acids is 1. The lowest BCUT2D eigenvalue weighted by atomic mass is 10.0. The van der Waals surface area contributed by atoms with Crippen LogP contribution in [0.5, 0.6) is 0 Å². The first-order valence-corrected chi connectivity index (χ1v) is 5.20. The normalized spacial score (nSPS) is 26.1. The number of carboxylic acid groups (broad SMARTS) is 1. The molecule has 1 saturated heterocycles. The smallest absolute Gasteiger partial charge is 0.353 e. The average Bonchev–Trinajstić information content (AvgIpc) is 2.37. The third-order valence-corrected chi connectivity index (χ3v) is 3.27. The molecule has 0 aromatic heterocycles. The zero-order valence-corrected chi connectivity index (χ0v) is 7.93. The van der Waals surface area contributed by atoms with E-state index in [1.54, 1.807) is 0 Å². The highest BCUT2D eigenvalue weighted by Gasteiger charge is 2.47. The minimum atomic E-state index is -0.986. The van der Waals surface area contributed by atoms with Crippen molar-refractivity contribution in [3.63, 3.8) is 0 Å². The summed E-state index contributed by atoms with van der Waals surface area (Å²) in [6.07, 6.45) is 3.06. The third kappa shape index (κ3) is 1.07. The molecule has 70 valence electrons. The summed E-state index contributed by atoms with van der Waals surface area (Å²) in [5, 5.41) is 8.89. The van der Waals surface area contributed by atoms with E-state index in [1.807, 2.05) is 6.26 Å². The van der Waals surface area contributed by atoms with E-state index in [1.165, 1.54) is 16.7 Å². The zero-order valence-electron chi connectivity index (χ0n) is 7.11. The van der Waals surface area contributed by atoms with Crippen LogP contribution in [0.15, 0.2) is 10.6 Å². The molecule has 1 atom stereocenters. The van der Waals surface area contributed by atoms with Gasteiger partial charge in [0.05, 0.1) is 6.04 Å². The number of carbonyl (C=O) groups excluding carboxylic acids is 1. The van der Waals surface area contributed by atoms with E-state index in [2.05, 4.69) is 0 Å². The van der Waals surface area contributed by atoms with Crippen molar-refractivity contribution in [3.8, 4) is 0 Å². The van der Waals surface area contributed by atoms with Gasteiger partial charge in [-0.1, -0.05) is 0 Å². The van der Waals surface area contributed by atoms with Crippen molar-refractivity contribution in [2.24, 2.45) is 0 Å². The number of amides is 1. The van der Waals surface area contributed by atoms with Gasteiger partial charge in [-0.25, -0.2) is 4.79 Å². The second-order valence-electron chi connectivity index (χ2n) is 3.11. The number of hydrogen-bond acceptors (Lipinski definition) is 3. The molecule has 1 fully saturated rings. The quantitative estimate of drug-likeness (QED) is 0.663. The number of rotatable bonds is 2.